The van der Waals surface area contributed by atoms with Crippen LogP contribution in [0.2, 0.25) is 0 Å². The van der Waals surface area contributed by atoms with Crippen molar-refractivity contribution in [1.29, 1.82) is 0 Å². The van der Waals surface area contributed by atoms with Gasteiger partial charge in [0.1, 0.15) is 0 Å². The summed E-state index contributed by atoms with van der Waals surface area (Å²) in [5, 5.41) is 7.07. The van der Waals surface area contributed by atoms with Crippen LogP contribution in [0.1, 0.15) is 0 Å². The number of aromatic nitrogens is 5. The zero-order valence-corrected chi connectivity index (χ0v) is 13.2. The molecule has 120 valence electrons. The van der Waals surface area contributed by atoms with Crippen LogP contribution in [-0.4, -0.2) is 25.1 Å². The third kappa shape index (κ3) is 13.5. The minimum atomic E-state index is 1.64. The van der Waals surface area contributed by atoms with Crippen molar-refractivity contribution in [2.75, 3.05) is 0 Å². The summed E-state index contributed by atoms with van der Waals surface area (Å²) in [7, 11) is 0. The zero-order valence-electron chi connectivity index (χ0n) is 13.2. The van der Waals surface area contributed by atoms with E-state index in [9.17, 15) is 0 Å². The summed E-state index contributed by atoms with van der Waals surface area (Å²) in [6, 6.07) is 21.4. The van der Waals surface area contributed by atoms with Crippen molar-refractivity contribution in [3.8, 4) is 0 Å². The molecule has 4 rings (SSSR count). The third-order valence-corrected chi connectivity index (χ3v) is 2.19. The molecule has 0 spiro atoms. The van der Waals surface area contributed by atoms with Gasteiger partial charge in [0.2, 0.25) is 0 Å². The molecule has 3 heterocycles. The fraction of sp³-hybridized carbons (Fsp3) is 0. The molecule has 0 aliphatic carbocycles. The smallest absolute Gasteiger partial charge is 0.0496 e. The average molecular weight is 317 g/mol. The highest BCUT2D eigenvalue weighted by Crippen LogP contribution is 1.80. The van der Waals surface area contributed by atoms with Gasteiger partial charge in [-0.05, 0) is 24.3 Å². The van der Waals surface area contributed by atoms with Crippen molar-refractivity contribution in [2.45, 2.75) is 0 Å². The maximum absolute atomic E-state index is 3.78. The molecule has 3 aromatic heterocycles. The molecule has 0 unspecified atom stereocenters. The normalized spacial score (nSPS) is 8.00. The Morgan fingerprint density at radius 3 is 0.708 bits per heavy atom. The van der Waals surface area contributed by atoms with Gasteiger partial charge in [0, 0.05) is 49.6 Å². The Bertz CT molecular complexity index is 432. The number of rotatable bonds is 0. The number of benzene rings is 1. The highest BCUT2D eigenvalue weighted by Gasteiger charge is 1.60. The largest absolute Gasteiger partial charge is 0.265 e. The standard InChI is InChI=1S/C6H6.C5H5N.2C4H4N2/c2*1-2-4-6-5-3-1;1-2-6-4-3-5-1;1-2-4-6-5-3-1/h1-6H;1-5H;2*1-4H. The lowest BCUT2D eigenvalue weighted by Gasteiger charge is -1.70. The maximum atomic E-state index is 3.78. The van der Waals surface area contributed by atoms with Crippen LogP contribution in [0.15, 0.2) is 116 Å². The molecule has 5 nitrogen and oxygen atoms in total. The van der Waals surface area contributed by atoms with E-state index in [0.717, 1.165) is 0 Å². The van der Waals surface area contributed by atoms with E-state index in [-0.39, 0.29) is 0 Å². The molecule has 0 aliphatic rings. The molecular formula is C19H19N5. The van der Waals surface area contributed by atoms with Crippen molar-refractivity contribution in [3.05, 3.63) is 116 Å². The molecule has 0 radical (unpaired) electrons. The van der Waals surface area contributed by atoms with Gasteiger partial charge in [0.15, 0.2) is 0 Å². The van der Waals surface area contributed by atoms with Gasteiger partial charge in [0.25, 0.3) is 0 Å². The SMILES string of the molecule is c1ccccc1.c1ccncc1.c1ccnnc1.c1cnccn1. The van der Waals surface area contributed by atoms with Gasteiger partial charge in [-0.25, -0.2) is 0 Å². The summed E-state index contributed by atoms with van der Waals surface area (Å²) < 4.78 is 0. The van der Waals surface area contributed by atoms with E-state index in [1.807, 2.05) is 66.7 Å². The van der Waals surface area contributed by atoms with Gasteiger partial charge in [-0.2, -0.15) is 10.2 Å². The molecule has 0 aliphatic heterocycles. The molecule has 0 saturated heterocycles. The molecular weight excluding hydrogens is 298 g/mol. The van der Waals surface area contributed by atoms with Crippen molar-refractivity contribution in [1.82, 2.24) is 25.1 Å². The van der Waals surface area contributed by atoms with Crippen molar-refractivity contribution >= 4 is 0 Å². The summed E-state index contributed by atoms with van der Waals surface area (Å²) in [6.07, 6.45) is 13.3. The molecule has 0 N–H and O–H groups in total. The van der Waals surface area contributed by atoms with E-state index in [1.165, 1.54) is 0 Å². The Kier molecular flexibility index (Phi) is 12.3. The van der Waals surface area contributed by atoms with Gasteiger partial charge in [-0.15, -0.1) is 0 Å². The molecule has 1 aromatic carbocycles. The second-order valence-electron chi connectivity index (χ2n) is 3.99. The molecule has 0 fully saturated rings. The predicted octanol–water partition coefficient (Wildman–Crippen LogP) is 3.72. The molecule has 4 aromatic rings. The van der Waals surface area contributed by atoms with Crippen molar-refractivity contribution in [2.24, 2.45) is 0 Å². The Balaban J connectivity index is 0.000000160. The quantitative estimate of drug-likeness (QED) is 0.494. The second-order valence-corrected chi connectivity index (χ2v) is 3.99. The summed E-state index contributed by atoms with van der Waals surface area (Å²) in [5.41, 5.74) is 0. The van der Waals surface area contributed by atoms with Gasteiger partial charge in [0.05, 0.1) is 0 Å². The van der Waals surface area contributed by atoms with Gasteiger partial charge >= 0.3 is 0 Å². The molecule has 0 bridgehead atoms. The van der Waals surface area contributed by atoms with Crippen LogP contribution >= 0.6 is 0 Å². The van der Waals surface area contributed by atoms with E-state index in [2.05, 4.69) is 25.1 Å². The number of nitrogens with zero attached hydrogens (tertiary/aromatic N) is 5. The first-order valence-electron chi connectivity index (χ1n) is 7.27. The Morgan fingerprint density at radius 1 is 0.250 bits per heavy atom. The van der Waals surface area contributed by atoms with E-state index < -0.39 is 0 Å². The number of pyridine rings is 1. The van der Waals surface area contributed by atoms with Gasteiger partial charge in [-0.3, -0.25) is 15.0 Å². The van der Waals surface area contributed by atoms with E-state index in [4.69, 9.17) is 0 Å². The van der Waals surface area contributed by atoms with Crippen molar-refractivity contribution < 1.29 is 0 Å². The molecule has 24 heavy (non-hydrogen) atoms. The predicted molar refractivity (Wildman–Crippen MR) is 94.7 cm³/mol. The van der Waals surface area contributed by atoms with Crippen LogP contribution in [-0.2, 0) is 0 Å². The first-order valence-corrected chi connectivity index (χ1v) is 7.27. The molecule has 5 heteroatoms. The van der Waals surface area contributed by atoms with Crippen LogP contribution in [0.4, 0.5) is 0 Å². The molecule has 0 saturated carbocycles. The van der Waals surface area contributed by atoms with Crippen LogP contribution in [0.3, 0.4) is 0 Å². The van der Waals surface area contributed by atoms with Crippen molar-refractivity contribution in [3.63, 3.8) is 0 Å². The summed E-state index contributed by atoms with van der Waals surface area (Å²) in [4.78, 5) is 11.2. The molecule has 0 atom stereocenters. The fourth-order valence-electron chi connectivity index (χ4n) is 1.20. The highest BCUT2D eigenvalue weighted by molar-refractivity contribution is 4.99. The van der Waals surface area contributed by atoms with Gasteiger partial charge < -0.3 is 0 Å². The van der Waals surface area contributed by atoms with Crippen LogP contribution in [0, 0.1) is 0 Å². The Labute approximate surface area is 142 Å². The first kappa shape index (κ1) is 18.6. The summed E-state index contributed by atoms with van der Waals surface area (Å²) in [5.74, 6) is 0. The van der Waals surface area contributed by atoms with Crippen LogP contribution in [0.5, 0.6) is 0 Å². The fourth-order valence-corrected chi connectivity index (χ4v) is 1.20. The minimum absolute atomic E-state index is 1.64. The lowest BCUT2D eigenvalue weighted by molar-refractivity contribution is 1.03. The first-order chi connectivity index (χ1) is 12.0. The summed E-state index contributed by atoms with van der Waals surface area (Å²) >= 11 is 0. The monoisotopic (exact) mass is 317 g/mol. The second kappa shape index (κ2) is 15.9. The third-order valence-electron chi connectivity index (χ3n) is 2.19. The van der Waals surface area contributed by atoms with Gasteiger partial charge in [-0.1, -0.05) is 42.5 Å². The van der Waals surface area contributed by atoms with Crippen LogP contribution < -0.4 is 0 Å². The van der Waals surface area contributed by atoms with E-state index in [1.54, 1.807) is 49.6 Å². The van der Waals surface area contributed by atoms with Crippen LogP contribution in [0.25, 0.3) is 0 Å². The lowest BCUT2D eigenvalue weighted by atomic mass is 10.4. The maximum Gasteiger partial charge on any atom is 0.0496 e. The molecule has 0 amide bonds. The van der Waals surface area contributed by atoms with E-state index in [0.29, 0.717) is 0 Å². The highest BCUT2D eigenvalue weighted by atomic mass is 15.1. The Morgan fingerprint density at radius 2 is 0.542 bits per heavy atom. The number of hydrogen-bond acceptors (Lipinski definition) is 5. The minimum Gasteiger partial charge on any atom is -0.265 e. The van der Waals surface area contributed by atoms with E-state index >= 15 is 0 Å². The average Bonchev–Trinajstić information content (AvgIpc) is 2.75. The number of hydrogen-bond donors (Lipinski definition) is 0. The zero-order chi connectivity index (χ0) is 17.0. The lowest BCUT2D eigenvalue weighted by Crippen LogP contribution is -1.69. The topological polar surface area (TPSA) is 64.5 Å². The Hall–Kier alpha value is -3.47. The summed E-state index contributed by atoms with van der Waals surface area (Å²) in [6.45, 7) is 0.